The molecule has 3 rings (SSSR count). The summed E-state index contributed by atoms with van der Waals surface area (Å²) in [6.07, 6.45) is -1.54. The van der Waals surface area contributed by atoms with Crippen molar-refractivity contribution in [3.63, 3.8) is 0 Å². The van der Waals surface area contributed by atoms with Crippen molar-refractivity contribution in [2.75, 3.05) is 19.5 Å². The number of likely N-dealkylation sites (tertiary alicyclic amines) is 1. The van der Waals surface area contributed by atoms with Crippen LogP contribution in [0.25, 0.3) is 0 Å². The molecule has 1 N–H and O–H groups in total. The van der Waals surface area contributed by atoms with Gasteiger partial charge in [-0.2, -0.15) is 0 Å². The van der Waals surface area contributed by atoms with Crippen molar-refractivity contribution in [3.05, 3.63) is 58.4 Å². The van der Waals surface area contributed by atoms with Crippen molar-refractivity contribution < 1.29 is 24.5 Å². The van der Waals surface area contributed by atoms with E-state index in [-0.39, 0.29) is 16.1 Å². The molecule has 1 aliphatic heterocycles. The minimum Gasteiger partial charge on any atom is -0.338 e. The molecule has 0 saturated carbocycles. The first kappa shape index (κ1) is 12.4. The van der Waals surface area contributed by atoms with Gasteiger partial charge in [-0.05, 0) is 30.1 Å². The minimum absolute atomic E-state index is 0.0553. The van der Waals surface area contributed by atoms with E-state index < -0.39 is 68.5 Å². The molecule has 2 aromatic rings. The van der Waals surface area contributed by atoms with Gasteiger partial charge in [0.15, 0.2) is 0 Å². The Labute approximate surface area is 179 Å². The summed E-state index contributed by atoms with van der Waals surface area (Å²) in [5, 5.41) is 1.53. The normalized spacial score (nSPS) is 27.2. The van der Waals surface area contributed by atoms with Crippen molar-refractivity contribution >= 4 is 17.5 Å². The summed E-state index contributed by atoms with van der Waals surface area (Å²) in [6, 6.07) is 3.04. The van der Waals surface area contributed by atoms with Crippen molar-refractivity contribution in [2.45, 2.75) is 38.3 Å². The van der Waals surface area contributed by atoms with Gasteiger partial charge in [0.25, 0.3) is 5.91 Å². The molecule has 1 aromatic heterocycles. The van der Waals surface area contributed by atoms with E-state index in [9.17, 15) is 9.18 Å². The van der Waals surface area contributed by atoms with E-state index in [1.54, 1.807) is 0 Å². The predicted octanol–water partition coefficient (Wildman–Crippen LogP) is 3.57. The summed E-state index contributed by atoms with van der Waals surface area (Å²) in [5.41, 5.74) is -3.03. The van der Waals surface area contributed by atoms with Crippen LogP contribution in [0.5, 0.6) is 0 Å². The Balaban J connectivity index is 1.80. The van der Waals surface area contributed by atoms with Crippen LogP contribution in [0.4, 0.5) is 8.78 Å². The average Bonchev–Trinajstić information content (AvgIpc) is 2.73. The van der Waals surface area contributed by atoms with E-state index in [4.69, 9.17) is 22.6 Å². The van der Waals surface area contributed by atoms with Crippen LogP contribution in [-0.4, -0.2) is 46.0 Å². The van der Waals surface area contributed by atoms with Gasteiger partial charge in [-0.15, -0.1) is 0 Å². The summed E-state index contributed by atoms with van der Waals surface area (Å²) < 4.78 is 93.9. The molecule has 28 heavy (non-hydrogen) atoms. The second-order valence-corrected chi connectivity index (χ2v) is 6.46. The van der Waals surface area contributed by atoms with Crippen LogP contribution in [0.3, 0.4) is 0 Å². The smallest absolute Gasteiger partial charge is 0.253 e. The zero-order valence-corrected chi connectivity index (χ0v) is 15.6. The third kappa shape index (κ3) is 5.02. The van der Waals surface area contributed by atoms with Crippen LogP contribution < -0.4 is 5.32 Å². The minimum atomic E-state index is -3.14. The van der Waals surface area contributed by atoms with E-state index >= 15 is 4.39 Å². The van der Waals surface area contributed by atoms with Crippen LogP contribution in [0.1, 0.15) is 52.5 Å². The van der Waals surface area contributed by atoms with Gasteiger partial charge in [-0.25, -0.2) is 18.7 Å². The van der Waals surface area contributed by atoms with E-state index in [1.807, 2.05) is 5.32 Å². The van der Waals surface area contributed by atoms with Gasteiger partial charge >= 0.3 is 0 Å². The number of nitrogens with one attached hydrogen (secondary N) is 1. The molecule has 8 heteroatoms. The maximum Gasteiger partial charge on any atom is 0.253 e. The molecule has 1 saturated heterocycles. The number of piperidine rings is 1. The number of halogens is 3. The largest absolute Gasteiger partial charge is 0.338 e. The molecule has 1 aromatic carbocycles. The molecule has 1 fully saturated rings. The van der Waals surface area contributed by atoms with Crippen LogP contribution in [0.2, 0.25) is 5.02 Å². The highest BCUT2D eigenvalue weighted by atomic mass is 35.5. The number of aryl methyl sites for hydroxylation is 1. The number of rotatable bonds is 6. The predicted molar refractivity (Wildman–Crippen MR) is 104 cm³/mol. The number of nitrogens with zero attached hydrogens (tertiary/aromatic N) is 3. The topological polar surface area (TPSA) is 58.1 Å². The highest BCUT2D eigenvalue weighted by Crippen LogP contribution is 2.27. The van der Waals surface area contributed by atoms with Crippen LogP contribution >= 0.6 is 11.6 Å². The van der Waals surface area contributed by atoms with E-state index in [2.05, 4.69) is 9.97 Å². The van der Waals surface area contributed by atoms with Crippen molar-refractivity contribution in [2.24, 2.45) is 0 Å². The quantitative estimate of drug-likeness (QED) is 0.782. The van der Waals surface area contributed by atoms with Gasteiger partial charge in [0.2, 0.25) is 0 Å². The molecule has 0 aliphatic carbocycles. The number of carbonyl (C=O) groups is 1. The average molecular weight is 417 g/mol. The lowest BCUT2D eigenvalue weighted by atomic mass is 9.92. The number of alkyl halides is 1. The number of amides is 1. The standard InChI is InChI=1S/C20H23ClF2N4O/c1-2-14-10-25-18(26-11-14)12-24-13-20(23)5-7-27(8-6-20)19(28)15-3-4-17(22)16(21)9-15/h3-4,9-11,24H,2,5-8,12-13H2,1H3/i2D2,7D2,12D2,13D2. The fourth-order valence-electron chi connectivity index (χ4n) is 2.46. The molecule has 150 valence electrons. The summed E-state index contributed by atoms with van der Waals surface area (Å²) in [5.74, 6) is -2.25. The van der Waals surface area contributed by atoms with Crippen molar-refractivity contribution in [3.8, 4) is 0 Å². The fraction of sp³-hybridized carbons (Fsp3) is 0.450. The molecule has 0 bridgehead atoms. The first-order valence-electron chi connectivity index (χ1n) is 12.4. The molecule has 2 heterocycles. The summed E-state index contributed by atoms with van der Waals surface area (Å²) in [7, 11) is 0. The Morgan fingerprint density at radius 1 is 1.43 bits per heavy atom. The van der Waals surface area contributed by atoms with Crippen LogP contribution in [0, 0.1) is 5.82 Å². The lowest BCUT2D eigenvalue weighted by Gasteiger charge is -2.36. The molecule has 1 atom stereocenters. The Bertz CT molecular complexity index is 1150. The first-order valence-corrected chi connectivity index (χ1v) is 8.75. The van der Waals surface area contributed by atoms with Crippen molar-refractivity contribution in [1.82, 2.24) is 20.2 Å². The molecule has 5 nitrogen and oxygen atoms in total. The molecule has 1 amide bonds. The van der Waals surface area contributed by atoms with Gasteiger partial charge in [0, 0.05) is 58.6 Å². The zero-order chi connectivity index (χ0) is 27.3. The highest BCUT2D eigenvalue weighted by Gasteiger charge is 2.36. The maximum absolute atomic E-state index is 15.9. The monoisotopic (exact) mass is 416 g/mol. The van der Waals surface area contributed by atoms with E-state index in [0.717, 1.165) is 30.6 Å². The molecular formula is C20H23ClF2N4O. The number of aromatic nitrogens is 2. The van der Waals surface area contributed by atoms with E-state index in [0.29, 0.717) is 4.90 Å². The fourth-order valence-corrected chi connectivity index (χ4v) is 2.64. The Hall–Kier alpha value is -2.12. The van der Waals surface area contributed by atoms with Crippen molar-refractivity contribution in [1.29, 1.82) is 0 Å². The summed E-state index contributed by atoms with van der Waals surface area (Å²) >= 11 is 5.69. The zero-order valence-electron chi connectivity index (χ0n) is 22.9. The lowest BCUT2D eigenvalue weighted by molar-refractivity contribution is 0.0434. The van der Waals surface area contributed by atoms with Gasteiger partial charge in [0.1, 0.15) is 17.3 Å². The molecule has 0 radical (unpaired) electrons. The molecule has 1 aliphatic rings. The summed E-state index contributed by atoms with van der Waals surface area (Å²) in [4.78, 5) is 21.0. The third-order valence-corrected chi connectivity index (χ3v) is 4.38. The molecule has 0 spiro atoms. The molecule has 1 unspecified atom stereocenters. The molecular weight excluding hydrogens is 386 g/mol. The number of benzene rings is 1. The van der Waals surface area contributed by atoms with Gasteiger partial charge in [-0.1, -0.05) is 18.5 Å². The first-order chi connectivity index (χ1) is 16.3. The van der Waals surface area contributed by atoms with Gasteiger partial charge < -0.3 is 10.2 Å². The Morgan fingerprint density at radius 3 is 2.82 bits per heavy atom. The maximum atomic E-state index is 15.9. The van der Waals surface area contributed by atoms with E-state index in [1.165, 1.54) is 6.92 Å². The lowest BCUT2D eigenvalue weighted by Crippen LogP contribution is -2.48. The number of hydrogen-bond acceptors (Lipinski definition) is 4. The highest BCUT2D eigenvalue weighted by molar-refractivity contribution is 6.31. The second-order valence-electron chi connectivity index (χ2n) is 6.06. The van der Waals surface area contributed by atoms with Gasteiger partial charge in [-0.3, -0.25) is 4.79 Å². The third-order valence-electron chi connectivity index (χ3n) is 4.09. The Kier molecular flexibility index (Phi) is 3.96. The number of hydrogen-bond donors (Lipinski definition) is 1. The van der Waals surface area contributed by atoms with Gasteiger partial charge in [0.05, 0.1) is 14.3 Å². The van der Waals surface area contributed by atoms with Crippen LogP contribution in [-0.2, 0) is 12.9 Å². The summed E-state index contributed by atoms with van der Waals surface area (Å²) in [6.45, 7) is -7.94. The second kappa shape index (κ2) is 8.92. The Morgan fingerprint density at radius 2 is 2.18 bits per heavy atom. The SMILES string of the molecule is [2H]C([2H])(C)c1cnc(C([2H])([2H])NC([2H])([2H])C2(F)CCN(C(=O)c3ccc(F)c(Cl)c3)C([2H])([2H])C2)nc1. The van der Waals surface area contributed by atoms with Crippen LogP contribution in [0.15, 0.2) is 30.6 Å². The number of carbonyl (C=O) groups excluding carboxylic acids is 1.